The maximum atomic E-state index is 12.3. The average molecular weight is 374 g/mol. The van der Waals surface area contributed by atoms with E-state index in [1.165, 1.54) is 11.3 Å². The number of carbonyl (C=O) groups excluding carboxylic acids is 2. The van der Waals surface area contributed by atoms with Crippen molar-refractivity contribution in [2.45, 2.75) is 38.6 Å². The first-order valence-electron chi connectivity index (χ1n) is 8.65. The number of hydrogen-bond donors (Lipinski definition) is 1. The lowest BCUT2D eigenvalue weighted by molar-refractivity contribution is -0.124. The first kappa shape index (κ1) is 18.4. The minimum atomic E-state index is -0.513. The summed E-state index contributed by atoms with van der Waals surface area (Å²) < 4.78 is 10.3. The molecule has 1 aliphatic rings. The molecular weight excluding hydrogens is 352 g/mol. The lowest BCUT2D eigenvalue weighted by Crippen LogP contribution is -2.35. The summed E-state index contributed by atoms with van der Waals surface area (Å²) in [4.78, 5) is 29.1. The summed E-state index contributed by atoms with van der Waals surface area (Å²) in [7, 11) is 1.61. The molecule has 1 aliphatic carbocycles. The van der Waals surface area contributed by atoms with Gasteiger partial charge in [0.15, 0.2) is 6.61 Å². The number of esters is 1. The number of aryl methyl sites for hydroxylation is 1. The van der Waals surface area contributed by atoms with E-state index in [0.717, 1.165) is 42.0 Å². The SMILES string of the molecule is COc1ccc(-c2nc(C)c(C(=O)OCC(=O)NC3CCCC3)s2)cc1. The number of ether oxygens (including phenoxy) is 2. The average Bonchev–Trinajstić information content (AvgIpc) is 3.29. The first-order chi connectivity index (χ1) is 12.6. The molecule has 0 aliphatic heterocycles. The lowest BCUT2D eigenvalue weighted by atomic mass is 10.2. The van der Waals surface area contributed by atoms with Crippen LogP contribution in [-0.4, -0.2) is 36.6 Å². The van der Waals surface area contributed by atoms with E-state index in [4.69, 9.17) is 9.47 Å². The third-order valence-corrected chi connectivity index (χ3v) is 5.56. The van der Waals surface area contributed by atoms with Crippen LogP contribution < -0.4 is 10.1 Å². The molecule has 0 saturated heterocycles. The number of hydrogen-bond acceptors (Lipinski definition) is 6. The van der Waals surface area contributed by atoms with Crippen LogP contribution in [0.15, 0.2) is 24.3 Å². The molecule has 0 unspecified atom stereocenters. The molecule has 26 heavy (non-hydrogen) atoms. The van der Waals surface area contributed by atoms with Crippen molar-refractivity contribution >= 4 is 23.2 Å². The fourth-order valence-corrected chi connectivity index (χ4v) is 3.94. The number of nitrogens with one attached hydrogen (secondary N) is 1. The lowest BCUT2D eigenvalue weighted by Gasteiger charge is -2.11. The van der Waals surface area contributed by atoms with E-state index >= 15 is 0 Å². The zero-order chi connectivity index (χ0) is 18.5. The van der Waals surface area contributed by atoms with Gasteiger partial charge in [-0.05, 0) is 44.0 Å². The Morgan fingerprint density at radius 3 is 2.58 bits per heavy atom. The Hall–Kier alpha value is -2.41. The molecule has 6 nitrogen and oxygen atoms in total. The number of nitrogens with zero attached hydrogens (tertiary/aromatic N) is 1. The van der Waals surface area contributed by atoms with Gasteiger partial charge in [0.05, 0.1) is 12.8 Å². The van der Waals surface area contributed by atoms with Gasteiger partial charge < -0.3 is 14.8 Å². The molecule has 3 rings (SSSR count). The van der Waals surface area contributed by atoms with Gasteiger partial charge in [-0.25, -0.2) is 9.78 Å². The van der Waals surface area contributed by atoms with Crippen LogP contribution >= 0.6 is 11.3 Å². The second kappa shape index (κ2) is 8.31. The van der Waals surface area contributed by atoms with Crippen LogP contribution in [0.25, 0.3) is 10.6 Å². The molecule has 0 radical (unpaired) electrons. The van der Waals surface area contributed by atoms with E-state index in [0.29, 0.717) is 10.6 Å². The van der Waals surface area contributed by atoms with Crippen molar-refractivity contribution in [1.29, 1.82) is 0 Å². The number of benzene rings is 1. The van der Waals surface area contributed by atoms with Crippen molar-refractivity contribution in [3.05, 3.63) is 34.8 Å². The van der Waals surface area contributed by atoms with Gasteiger partial charge in [-0.3, -0.25) is 4.79 Å². The highest BCUT2D eigenvalue weighted by Gasteiger charge is 2.21. The molecule has 1 aromatic heterocycles. The molecule has 1 aromatic carbocycles. The Morgan fingerprint density at radius 2 is 1.92 bits per heavy atom. The topological polar surface area (TPSA) is 77.5 Å². The monoisotopic (exact) mass is 374 g/mol. The van der Waals surface area contributed by atoms with Crippen LogP contribution in [0.3, 0.4) is 0 Å². The van der Waals surface area contributed by atoms with Crippen molar-refractivity contribution in [2.24, 2.45) is 0 Å². The molecule has 1 fully saturated rings. The summed E-state index contributed by atoms with van der Waals surface area (Å²) in [6.45, 7) is 1.50. The van der Waals surface area contributed by atoms with E-state index in [9.17, 15) is 9.59 Å². The minimum absolute atomic E-state index is 0.216. The Bertz CT molecular complexity index is 779. The van der Waals surface area contributed by atoms with Gasteiger partial charge in [-0.2, -0.15) is 0 Å². The normalized spacial score (nSPS) is 14.2. The number of thiazole rings is 1. The standard InChI is InChI=1S/C19H22N2O4S/c1-12-17(19(23)25-11-16(22)21-14-5-3-4-6-14)26-18(20-12)13-7-9-15(24-2)10-8-13/h7-10,14H,3-6,11H2,1-2H3,(H,21,22). The highest BCUT2D eigenvalue weighted by molar-refractivity contribution is 7.17. The molecule has 1 saturated carbocycles. The number of methoxy groups -OCH3 is 1. The number of rotatable bonds is 6. The van der Waals surface area contributed by atoms with E-state index in [1.807, 2.05) is 24.3 Å². The van der Waals surface area contributed by atoms with Crippen molar-refractivity contribution in [1.82, 2.24) is 10.3 Å². The van der Waals surface area contributed by atoms with Crippen LogP contribution in [0.2, 0.25) is 0 Å². The van der Waals surface area contributed by atoms with Crippen molar-refractivity contribution in [2.75, 3.05) is 13.7 Å². The Morgan fingerprint density at radius 1 is 1.23 bits per heavy atom. The molecule has 1 N–H and O–H groups in total. The summed E-state index contributed by atoms with van der Waals surface area (Å²) >= 11 is 1.26. The second-order valence-corrected chi connectivity index (χ2v) is 7.29. The van der Waals surface area contributed by atoms with Gasteiger partial charge in [-0.1, -0.05) is 12.8 Å². The minimum Gasteiger partial charge on any atom is -0.497 e. The third kappa shape index (κ3) is 4.40. The molecule has 138 valence electrons. The summed E-state index contributed by atoms with van der Waals surface area (Å²) in [5.41, 5.74) is 1.50. The number of carbonyl (C=O) groups is 2. The van der Waals surface area contributed by atoms with Crippen LogP contribution in [0, 0.1) is 6.92 Å². The summed E-state index contributed by atoms with van der Waals surface area (Å²) in [6, 6.07) is 7.69. The smallest absolute Gasteiger partial charge is 0.350 e. The maximum absolute atomic E-state index is 12.3. The molecule has 0 bridgehead atoms. The number of aromatic nitrogens is 1. The van der Waals surface area contributed by atoms with Gasteiger partial charge in [0.2, 0.25) is 0 Å². The zero-order valence-electron chi connectivity index (χ0n) is 14.9. The van der Waals surface area contributed by atoms with Crippen molar-refractivity contribution in [3.63, 3.8) is 0 Å². The summed E-state index contributed by atoms with van der Waals surface area (Å²) in [5, 5.41) is 3.63. The Balaban J connectivity index is 1.60. The fraction of sp³-hybridized carbons (Fsp3) is 0.421. The van der Waals surface area contributed by atoms with Crippen molar-refractivity contribution in [3.8, 4) is 16.3 Å². The van der Waals surface area contributed by atoms with E-state index in [1.54, 1.807) is 14.0 Å². The summed E-state index contributed by atoms with van der Waals surface area (Å²) in [6.07, 6.45) is 4.27. The maximum Gasteiger partial charge on any atom is 0.350 e. The molecular formula is C19H22N2O4S. The van der Waals surface area contributed by atoms with Crippen LogP contribution in [0.4, 0.5) is 0 Å². The van der Waals surface area contributed by atoms with Crippen LogP contribution in [-0.2, 0) is 9.53 Å². The highest BCUT2D eigenvalue weighted by Crippen LogP contribution is 2.29. The number of amides is 1. The van der Waals surface area contributed by atoms with Crippen LogP contribution in [0.1, 0.15) is 41.0 Å². The predicted octanol–water partition coefficient (Wildman–Crippen LogP) is 3.34. The van der Waals surface area contributed by atoms with Gasteiger partial charge in [0.1, 0.15) is 15.6 Å². The molecule has 0 atom stereocenters. The predicted molar refractivity (Wildman–Crippen MR) is 99.5 cm³/mol. The van der Waals surface area contributed by atoms with Gasteiger partial charge in [0, 0.05) is 11.6 Å². The quantitative estimate of drug-likeness (QED) is 0.785. The van der Waals surface area contributed by atoms with E-state index in [2.05, 4.69) is 10.3 Å². The molecule has 1 heterocycles. The van der Waals surface area contributed by atoms with Gasteiger partial charge in [0.25, 0.3) is 5.91 Å². The Labute approximate surface area is 156 Å². The zero-order valence-corrected chi connectivity index (χ0v) is 15.7. The molecule has 1 amide bonds. The summed E-state index contributed by atoms with van der Waals surface area (Å²) in [5.74, 6) is -0.000865. The highest BCUT2D eigenvalue weighted by atomic mass is 32.1. The van der Waals surface area contributed by atoms with E-state index in [-0.39, 0.29) is 18.6 Å². The third-order valence-electron chi connectivity index (χ3n) is 4.37. The first-order valence-corrected chi connectivity index (χ1v) is 9.47. The van der Waals surface area contributed by atoms with Gasteiger partial charge >= 0.3 is 5.97 Å². The van der Waals surface area contributed by atoms with Gasteiger partial charge in [-0.15, -0.1) is 11.3 Å². The van der Waals surface area contributed by atoms with Crippen LogP contribution in [0.5, 0.6) is 5.75 Å². The molecule has 7 heteroatoms. The Kier molecular flexibility index (Phi) is 5.88. The van der Waals surface area contributed by atoms with Crippen molar-refractivity contribution < 1.29 is 19.1 Å². The largest absolute Gasteiger partial charge is 0.497 e. The molecule has 0 spiro atoms. The van der Waals surface area contributed by atoms with E-state index < -0.39 is 5.97 Å². The molecule has 2 aromatic rings. The fourth-order valence-electron chi connectivity index (χ4n) is 2.98. The second-order valence-electron chi connectivity index (χ2n) is 6.29.